The van der Waals surface area contributed by atoms with Gasteiger partial charge in [-0.05, 0) is 67.5 Å². The van der Waals surface area contributed by atoms with Crippen LogP contribution in [0.1, 0.15) is 30.4 Å². The molecule has 0 bridgehead atoms. The number of nitrogens with one attached hydrogen (secondary N) is 1. The quantitative estimate of drug-likeness (QED) is 0.299. The first-order chi connectivity index (χ1) is 18.3. The number of phenolic OH excluding ortho intramolecular Hbond substituents is 2. The van der Waals surface area contributed by atoms with Gasteiger partial charge in [0.1, 0.15) is 11.5 Å². The number of unbranched alkanes of at least 4 members (excludes halogenated alkanes) is 1. The molecule has 0 saturated carbocycles. The number of rotatable bonds is 11. The molecule has 4 amide bonds. The first kappa shape index (κ1) is 27.0. The molecule has 38 heavy (non-hydrogen) atoms. The maximum absolute atomic E-state index is 12.6. The second-order valence-corrected chi connectivity index (χ2v) is 9.78. The van der Waals surface area contributed by atoms with E-state index in [9.17, 15) is 29.4 Å². The molecular weight excluding hydrogens is 488 g/mol. The van der Waals surface area contributed by atoms with Gasteiger partial charge in [-0.25, -0.2) is 0 Å². The number of hydrogen-bond donors (Lipinski definition) is 3. The summed E-state index contributed by atoms with van der Waals surface area (Å²) >= 11 is 0. The number of amides is 4. The minimum atomic E-state index is -0.598. The van der Waals surface area contributed by atoms with Crippen molar-refractivity contribution >= 4 is 23.6 Å². The number of phenols is 2. The third kappa shape index (κ3) is 6.81. The highest BCUT2D eigenvalue weighted by Gasteiger charge is 2.34. The molecule has 2 aliphatic heterocycles. The first-order valence-corrected chi connectivity index (χ1v) is 13.0. The average Bonchev–Trinajstić information content (AvgIpc) is 2.91. The minimum absolute atomic E-state index is 0.133. The van der Waals surface area contributed by atoms with E-state index in [1.165, 1.54) is 0 Å². The molecule has 3 N–H and O–H groups in total. The summed E-state index contributed by atoms with van der Waals surface area (Å²) < 4.78 is 0. The summed E-state index contributed by atoms with van der Waals surface area (Å²) in [7, 11) is 0. The summed E-state index contributed by atoms with van der Waals surface area (Å²) in [4.78, 5) is 54.5. The van der Waals surface area contributed by atoms with Crippen LogP contribution in [0.15, 0.2) is 48.5 Å². The van der Waals surface area contributed by atoms with Crippen LogP contribution in [0.3, 0.4) is 0 Å². The topological polar surface area (TPSA) is 130 Å². The zero-order chi connectivity index (χ0) is 27.1. The van der Waals surface area contributed by atoms with Crippen LogP contribution in [-0.4, -0.2) is 93.9 Å². The second-order valence-electron chi connectivity index (χ2n) is 9.78. The summed E-state index contributed by atoms with van der Waals surface area (Å²) in [6.07, 6.45) is 3.29. The Kier molecular flexibility index (Phi) is 8.83. The second kappa shape index (κ2) is 12.4. The molecule has 2 fully saturated rings. The zero-order valence-electron chi connectivity index (χ0n) is 21.3. The molecule has 2 saturated heterocycles. The molecule has 0 spiro atoms. The van der Waals surface area contributed by atoms with Crippen molar-refractivity contribution in [3.05, 3.63) is 59.7 Å². The summed E-state index contributed by atoms with van der Waals surface area (Å²) in [5.74, 6) is -1.75. The highest BCUT2D eigenvalue weighted by Crippen LogP contribution is 2.17. The molecule has 202 valence electrons. The van der Waals surface area contributed by atoms with Crippen molar-refractivity contribution in [2.45, 2.75) is 38.1 Å². The van der Waals surface area contributed by atoms with E-state index in [1.807, 2.05) is 0 Å². The third-order valence-corrected chi connectivity index (χ3v) is 7.19. The van der Waals surface area contributed by atoms with Crippen LogP contribution < -0.4 is 5.32 Å². The Morgan fingerprint density at radius 3 is 1.79 bits per heavy atom. The molecule has 10 nitrogen and oxygen atoms in total. The molecule has 0 radical (unpaired) electrons. The van der Waals surface area contributed by atoms with Gasteiger partial charge in [-0.1, -0.05) is 24.3 Å². The minimum Gasteiger partial charge on any atom is -0.508 e. The molecule has 4 rings (SSSR count). The van der Waals surface area contributed by atoms with Crippen LogP contribution in [0.25, 0.3) is 0 Å². The maximum atomic E-state index is 12.6. The van der Waals surface area contributed by atoms with Crippen LogP contribution in [0, 0.1) is 0 Å². The summed E-state index contributed by atoms with van der Waals surface area (Å²) in [6.45, 7) is 2.67. The van der Waals surface area contributed by atoms with Crippen molar-refractivity contribution < 1.29 is 29.4 Å². The molecule has 1 atom stereocenters. The van der Waals surface area contributed by atoms with Crippen LogP contribution in [0.4, 0.5) is 0 Å². The Hall–Kier alpha value is -4.08. The van der Waals surface area contributed by atoms with Crippen molar-refractivity contribution in [1.29, 1.82) is 0 Å². The van der Waals surface area contributed by atoms with Gasteiger partial charge in [0.2, 0.25) is 0 Å². The van der Waals surface area contributed by atoms with E-state index in [2.05, 4.69) is 5.32 Å². The maximum Gasteiger partial charge on any atom is 0.312 e. The Bertz CT molecular complexity index is 1150. The molecule has 10 heteroatoms. The predicted molar refractivity (Wildman–Crippen MR) is 139 cm³/mol. The highest BCUT2D eigenvalue weighted by molar-refractivity contribution is 6.36. The molecule has 2 aromatic rings. The zero-order valence-corrected chi connectivity index (χ0v) is 21.3. The normalized spacial score (nSPS) is 18.2. The van der Waals surface area contributed by atoms with Gasteiger partial charge < -0.3 is 30.2 Å². The fourth-order valence-electron chi connectivity index (χ4n) is 4.90. The smallest absolute Gasteiger partial charge is 0.312 e. The molecule has 2 aliphatic rings. The summed E-state index contributed by atoms with van der Waals surface area (Å²) in [5.41, 5.74) is 1.95. The van der Waals surface area contributed by atoms with Gasteiger partial charge in [0, 0.05) is 45.3 Å². The fraction of sp³-hybridized carbons (Fsp3) is 0.429. The van der Waals surface area contributed by atoms with Crippen molar-refractivity contribution in [2.75, 3.05) is 39.3 Å². The van der Waals surface area contributed by atoms with Crippen molar-refractivity contribution in [3.8, 4) is 11.5 Å². The standard InChI is InChI=1S/C28H34N4O6/c33-23-8-4-20(5-9-23)12-15-31-18-17-30(27(37)28(31)38)14-2-1-3-22-19-29-25(35)26(36)32(22)16-13-21-6-10-24(34)11-7-21/h4-11,22,33-34H,1-3,12-19H2,(H,29,35)/t22-/m1/s1. The lowest BCUT2D eigenvalue weighted by Gasteiger charge is -2.36. The fourth-order valence-corrected chi connectivity index (χ4v) is 4.90. The van der Waals surface area contributed by atoms with E-state index in [4.69, 9.17) is 0 Å². The summed E-state index contributed by atoms with van der Waals surface area (Å²) in [6, 6.07) is 13.5. The van der Waals surface area contributed by atoms with Gasteiger partial charge in [-0.2, -0.15) is 0 Å². The average molecular weight is 523 g/mol. The van der Waals surface area contributed by atoms with Crippen molar-refractivity contribution in [2.24, 2.45) is 0 Å². The number of carbonyl (C=O) groups excluding carboxylic acids is 4. The van der Waals surface area contributed by atoms with Crippen LogP contribution >= 0.6 is 0 Å². The van der Waals surface area contributed by atoms with E-state index in [0.29, 0.717) is 65.0 Å². The Morgan fingerprint density at radius 1 is 0.684 bits per heavy atom. The van der Waals surface area contributed by atoms with E-state index >= 15 is 0 Å². The molecular formula is C28H34N4O6. The Labute approximate surface area is 221 Å². The number of hydrogen-bond acceptors (Lipinski definition) is 6. The van der Waals surface area contributed by atoms with Gasteiger partial charge >= 0.3 is 23.6 Å². The van der Waals surface area contributed by atoms with Gasteiger partial charge in [0.05, 0.1) is 0 Å². The first-order valence-electron chi connectivity index (χ1n) is 13.0. The van der Waals surface area contributed by atoms with E-state index < -0.39 is 23.6 Å². The monoisotopic (exact) mass is 522 g/mol. The lowest BCUT2D eigenvalue weighted by molar-refractivity contribution is -0.156. The Balaban J connectivity index is 1.21. The van der Waals surface area contributed by atoms with Gasteiger partial charge in [-0.3, -0.25) is 19.2 Å². The highest BCUT2D eigenvalue weighted by atomic mass is 16.3. The molecule has 0 aromatic heterocycles. The number of aromatic hydroxyl groups is 2. The summed E-state index contributed by atoms with van der Waals surface area (Å²) in [5, 5.41) is 21.5. The molecule has 0 unspecified atom stereocenters. The SMILES string of the molecule is O=C1NC[C@@H](CCCCN2CCN(CCc3ccc(O)cc3)C(=O)C2=O)N(CCc2ccc(O)cc2)C1=O. The molecule has 2 heterocycles. The van der Waals surface area contributed by atoms with E-state index in [-0.39, 0.29) is 17.5 Å². The van der Waals surface area contributed by atoms with Gasteiger partial charge in [0.25, 0.3) is 0 Å². The predicted octanol–water partition coefficient (Wildman–Crippen LogP) is 1.05. The van der Waals surface area contributed by atoms with Crippen molar-refractivity contribution in [3.63, 3.8) is 0 Å². The molecule has 0 aliphatic carbocycles. The lowest BCUT2D eigenvalue weighted by atomic mass is 10.0. The largest absolute Gasteiger partial charge is 0.508 e. The number of piperazine rings is 2. The number of carbonyl (C=O) groups is 4. The lowest BCUT2D eigenvalue weighted by Crippen LogP contribution is -2.58. The van der Waals surface area contributed by atoms with Crippen molar-refractivity contribution in [1.82, 2.24) is 20.0 Å². The van der Waals surface area contributed by atoms with Crippen LogP contribution in [0.2, 0.25) is 0 Å². The van der Waals surface area contributed by atoms with E-state index in [0.717, 1.165) is 17.5 Å². The number of nitrogens with zero attached hydrogens (tertiary/aromatic N) is 3. The van der Waals surface area contributed by atoms with Crippen LogP contribution in [0.5, 0.6) is 11.5 Å². The van der Waals surface area contributed by atoms with Crippen LogP contribution in [-0.2, 0) is 32.0 Å². The number of benzene rings is 2. The van der Waals surface area contributed by atoms with Gasteiger partial charge in [-0.15, -0.1) is 0 Å². The van der Waals surface area contributed by atoms with E-state index in [1.54, 1.807) is 63.2 Å². The van der Waals surface area contributed by atoms with Gasteiger partial charge in [0.15, 0.2) is 0 Å². The third-order valence-electron chi connectivity index (χ3n) is 7.19. The Morgan fingerprint density at radius 2 is 1.21 bits per heavy atom. The molecule has 2 aromatic carbocycles.